The van der Waals surface area contributed by atoms with E-state index in [1.165, 1.54) is 6.07 Å². The lowest BCUT2D eigenvalue weighted by atomic mass is 10.0. The van der Waals surface area contributed by atoms with Crippen molar-refractivity contribution in [3.05, 3.63) is 111 Å². The molecule has 1 heterocycles. The highest BCUT2D eigenvalue weighted by Gasteiger charge is 2.23. The Morgan fingerprint density at radius 2 is 1.76 bits per heavy atom. The van der Waals surface area contributed by atoms with Crippen molar-refractivity contribution in [1.29, 1.82) is 0 Å². The molecule has 3 aromatic carbocycles. The summed E-state index contributed by atoms with van der Waals surface area (Å²) in [6.45, 7) is 5.81. The van der Waals surface area contributed by atoms with Crippen molar-refractivity contribution in [2.24, 2.45) is 0 Å². The second-order valence-electron chi connectivity index (χ2n) is 7.89. The fraction of sp³-hybridized carbons (Fsp3) is 0.148. The summed E-state index contributed by atoms with van der Waals surface area (Å²) >= 11 is 6.14. The number of carbonyl (C=O) groups excluding carboxylic acids is 2. The highest BCUT2D eigenvalue weighted by Crippen LogP contribution is 2.26. The minimum absolute atomic E-state index is 0.0934. The summed E-state index contributed by atoms with van der Waals surface area (Å²) in [6, 6.07) is 19.3. The molecule has 0 spiro atoms. The van der Waals surface area contributed by atoms with Gasteiger partial charge in [0.1, 0.15) is 18.1 Å². The molecule has 172 valence electrons. The lowest BCUT2D eigenvalue weighted by molar-refractivity contribution is 0.101. The monoisotopic (exact) mass is 474 g/mol. The molecule has 0 fully saturated rings. The molecule has 7 heteroatoms. The zero-order valence-corrected chi connectivity index (χ0v) is 19.8. The van der Waals surface area contributed by atoms with E-state index in [1.54, 1.807) is 43.3 Å². The van der Waals surface area contributed by atoms with E-state index in [0.29, 0.717) is 27.6 Å². The number of hydrogen-bond acceptors (Lipinski definition) is 5. The van der Waals surface area contributed by atoms with Crippen LogP contribution in [0.1, 0.15) is 48.9 Å². The number of ketones is 1. The van der Waals surface area contributed by atoms with Crippen LogP contribution in [0.3, 0.4) is 0 Å². The molecule has 0 saturated carbocycles. The van der Waals surface area contributed by atoms with E-state index in [-0.39, 0.29) is 23.6 Å². The molecule has 1 aromatic heterocycles. The first kappa shape index (κ1) is 23.3. The van der Waals surface area contributed by atoms with Gasteiger partial charge in [-0.25, -0.2) is 0 Å². The van der Waals surface area contributed by atoms with Crippen LogP contribution >= 0.6 is 11.6 Å². The molecule has 1 N–H and O–H groups in total. The fourth-order valence-electron chi connectivity index (χ4n) is 3.51. The fourth-order valence-corrected chi connectivity index (χ4v) is 3.68. The van der Waals surface area contributed by atoms with Gasteiger partial charge in [0.15, 0.2) is 11.5 Å². The van der Waals surface area contributed by atoms with Gasteiger partial charge < -0.3 is 14.6 Å². The first-order valence-electron chi connectivity index (χ1n) is 10.7. The molecule has 0 atom stereocenters. The Morgan fingerprint density at radius 1 is 1.00 bits per heavy atom. The average Bonchev–Trinajstić information content (AvgIpc) is 3.21. The summed E-state index contributed by atoms with van der Waals surface area (Å²) in [5.74, 6) is 0.432. The second-order valence-corrected chi connectivity index (χ2v) is 8.33. The molecule has 34 heavy (non-hydrogen) atoms. The molecule has 1 amide bonds. The van der Waals surface area contributed by atoms with Crippen molar-refractivity contribution in [2.75, 3.05) is 5.32 Å². The molecule has 6 nitrogen and oxygen atoms in total. The first-order valence-corrected chi connectivity index (χ1v) is 11.1. The van der Waals surface area contributed by atoms with Gasteiger partial charge in [-0.15, -0.1) is 0 Å². The third kappa shape index (κ3) is 4.87. The highest BCUT2D eigenvalue weighted by atomic mass is 35.5. The van der Waals surface area contributed by atoms with Crippen LogP contribution in [0, 0.1) is 20.8 Å². The zero-order valence-electron chi connectivity index (χ0n) is 19.0. The highest BCUT2D eigenvalue weighted by molar-refractivity contribution is 6.31. The summed E-state index contributed by atoms with van der Waals surface area (Å²) in [5.41, 5.74) is 3.84. The van der Waals surface area contributed by atoms with Crippen molar-refractivity contribution in [3.8, 4) is 5.75 Å². The molecule has 0 radical (unpaired) electrons. The number of halogens is 1. The number of aryl methyl sites for hydroxylation is 2. The van der Waals surface area contributed by atoms with Crippen LogP contribution in [0.5, 0.6) is 5.75 Å². The maximum absolute atomic E-state index is 13.1. The SMILES string of the molecule is Cc1cccc(OCc2c(C(=O)Nc3ccc(Cl)cc3C(=O)c3ccccc3)noc2C)c1C. The predicted octanol–water partition coefficient (Wildman–Crippen LogP) is 6.32. The van der Waals surface area contributed by atoms with Crippen LogP contribution < -0.4 is 10.1 Å². The third-order valence-electron chi connectivity index (χ3n) is 5.64. The zero-order chi connectivity index (χ0) is 24.2. The van der Waals surface area contributed by atoms with Gasteiger partial charge in [0.25, 0.3) is 5.91 Å². The Hall–Kier alpha value is -3.90. The summed E-state index contributed by atoms with van der Waals surface area (Å²) in [6.07, 6.45) is 0. The number of nitrogens with zero attached hydrogens (tertiary/aromatic N) is 1. The smallest absolute Gasteiger partial charge is 0.278 e. The van der Waals surface area contributed by atoms with E-state index in [4.69, 9.17) is 20.9 Å². The molecule has 0 aliphatic carbocycles. The van der Waals surface area contributed by atoms with Gasteiger partial charge in [0.2, 0.25) is 0 Å². The number of amides is 1. The number of hydrogen-bond donors (Lipinski definition) is 1. The van der Waals surface area contributed by atoms with Crippen molar-refractivity contribution in [3.63, 3.8) is 0 Å². The third-order valence-corrected chi connectivity index (χ3v) is 5.87. The number of rotatable bonds is 7. The first-order chi connectivity index (χ1) is 16.3. The van der Waals surface area contributed by atoms with Crippen molar-refractivity contribution >= 4 is 29.0 Å². The summed E-state index contributed by atoms with van der Waals surface area (Å²) < 4.78 is 11.3. The van der Waals surface area contributed by atoms with Gasteiger partial charge in [-0.1, -0.05) is 59.2 Å². The molecule has 4 aromatic rings. The second kappa shape index (κ2) is 9.93. The molecule has 0 saturated heterocycles. The van der Waals surface area contributed by atoms with Gasteiger partial charge in [-0.05, 0) is 56.2 Å². The van der Waals surface area contributed by atoms with E-state index >= 15 is 0 Å². The Balaban J connectivity index is 1.59. The standard InChI is InChI=1S/C27H23ClN2O4/c1-16-8-7-11-24(17(16)2)33-15-22-18(3)34-30-25(22)27(32)29-23-13-12-20(28)14-21(23)26(31)19-9-5-4-6-10-19/h4-14H,15H2,1-3H3,(H,29,32). The quantitative estimate of drug-likeness (QED) is 0.317. The molecule has 0 aliphatic rings. The van der Waals surface area contributed by atoms with E-state index in [9.17, 15) is 9.59 Å². The van der Waals surface area contributed by atoms with Gasteiger partial charge in [-0.2, -0.15) is 0 Å². The van der Waals surface area contributed by atoms with Crippen LogP contribution in [0.2, 0.25) is 5.02 Å². The van der Waals surface area contributed by atoms with Gasteiger partial charge in [0.05, 0.1) is 11.3 Å². The maximum atomic E-state index is 13.1. The van der Waals surface area contributed by atoms with Crippen molar-refractivity contribution in [2.45, 2.75) is 27.4 Å². The maximum Gasteiger partial charge on any atom is 0.278 e. The van der Waals surface area contributed by atoms with Crippen LogP contribution in [0.15, 0.2) is 71.3 Å². The molecule has 4 rings (SSSR count). The van der Waals surface area contributed by atoms with Gasteiger partial charge >= 0.3 is 0 Å². The lowest BCUT2D eigenvalue weighted by Crippen LogP contribution is -2.18. The van der Waals surface area contributed by atoms with Crippen molar-refractivity contribution < 1.29 is 18.8 Å². The minimum atomic E-state index is -0.513. The molecular weight excluding hydrogens is 452 g/mol. The van der Waals surface area contributed by atoms with Crippen LogP contribution in [-0.4, -0.2) is 16.8 Å². The van der Waals surface area contributed by atoms with Crippen molar-refractivity contribution in [1.82, 2.24) is 5.16 Å². The predicted molar refractivity (Wildman–Crippen MR) is 131 cm³/mol. The number of anilines is 1. The van der Waals surface area contributed by atoms with Gasteiger partial charge in [0, 0.05) is 16.1 Å². The Bertz CT molecular complexity index is 1360. The summed E-state index contributed by atoms with van der Waals surface area (Å²) in [7, 11) is 0. The number of ether oxygens (including phenoxy) is 1. The number of carbonyl (C=O) groups is 2. The topological polar surface area (TPSA) is 81.4 Å². The van der Waals surface area contributed by atoms with E-state index < -0.39 is 5.91 Å². The Labute approximate surface area is 202 Å². The van der Waals surface area contributed by atoms with Gasteiger partial charge in [-0.3, -0.25) is 9.59 Å². The number of nitrogens with one attached hydrogen (secondary N) is 1. The van der Waals surface area contributed by atoms with E-state index in [1.807, 2.05) is 38.1 Å². The largest absolute Gasteiger partial charge is 0.488 e. The molecular formula is C27H23ClN2O4. The Kier molecular flexibility index (Phi) is 6.80. The summed E-state index contributed by atoms with van der Waals surface area (Å²) in [4.78, 5) is 26.2. The molecule has 0 bridgehead atoms. The van der Waals surface area contributed by atoms with E-state index in [2.05, 4.69) is 10.5 Å². The molecule has 0 unspecified atom stereocenters. The lowest BCUT2D eigenvalue weighted by Gasteiger charge is -2.12. The van der Waals surface area contributed by atoms with Crippen LogP contribution in [0.25, 0.3) is 0 Å². The molecule has 0 aliphatic heterocycles. The normalized spacial score (nSPS) is 10.7. The minimum Gasteiger partial charge on any atom is -0.488 e. The van der Waals surface area contributed by atoms with Crippen LogP contribution in [-0.2, 0) is 6.61 Å². The average molecular weight is 475 g/mol. The van der Waals surface area contributed by atoms with Crippen LogP contribution in [0.4, 0.5) is 5.69 Å². The summed E-state index contributed by atoms with van der Waals surface area (Å²) in [5, 5.41) is 7.10. The number of aromatic nitrogens is 1. The Morgan fingerprint density at radius 3 is 2.53 bits per heavy atom. The van der Waals surface area contributed by atoms with E-state index in [0.717, 1.165) is 16.9 Å². The number of benzene rings is 3.